The Hall–Kier alpha value is -2.80. The summed E-state index contributed by atoms with van der Waals surface area (Å²) in [6.45, 7) is 18.2. The van der Waals surface area contributed by atoms with Crippen LogP contribution in [0.2, 0.25) is 0 Å². The van der Waals surface area contributed by atoms with Gasteiger partial charge in [0.15, 0.2) is 11.5 Å². The highest BCUT2D eigenvalue weighted by Crippen LogP contribution is 2.77. The van der Waals surface area contributed by atoms with E-state index >= 15 is 0 Å². The van der Waals surface area contributed by atoms with E-state index in [9.17, 15) is 24.9 Å². The summed E-state index contributed by atoms with van der Waals surface area (Å²) in [4.78, 5) is 26.1. The van der Waals surface area contributed by atoms with Gasteiger partial charge in [-0.05, 0) is 134 Å². The molecule has 11 atom stereocenters. The summed E-state index contributed by atoms with van der Waals surface area (Å²) in [6.07, 6.45) is 9.62. The van der Waals surface area contributed by atoms with E-state index in [1.54, 1.807) is 18.2 Å². The van der Waals surface area contributed by atoms with Gasteiger partial charge in [0.2, 0.25) is 0 Å². The van der Waals surface area contributed by atoms with Gasteiger partial charge in [-0.1, -0.05) is 52.8 Å². The van der Waals surface area contributed by atoms with Crippen LogP contribution in [-0.2, 0) is 14.3 Å². The number of esters is 1. The molecular weight excluding hydrogens is 592 g/mol. The van der Waals surface area contributed by atoms with Crippen molar-refractivity contribution in [2.45, 2.75) is 112 Å². The first kappa shape index (κ1) is 34.1. The SMILES string of the molecule is C=C(C)[C@@H]1CC[C@]2(C(=O)O)CC[C@]3(C)[C@H](CC[C@@H]4[C@@]5(C)C[C@@H](O)[C@H](OC(=O)/C=C/c6ccc(O)c(OC)c6)C(C)(C)[C@@H]5CC[C@]43C)[C@@H]12. The van der Waals surface area contributed by atoms with E-state index in [1.165, 1.54) is 19.3 Å². The van der Waals surface area contributed by atoms with E-state index < -0.39 is 35.0 Å². The predicted octanol–water partition coefficient (Wildman–Crippen LogP) is 8.04. The van der Waals surface area contributed by atoms with Crippen molar-refractivity contribution in [3.63, 3.8) is 0 Å². The van der Waals surface area contributed by atoms with E-state index in [2.05, 4.69) is 48.1 Å². The van der Waals surface area contributed by atoms with E-state index in [4.69, 9.17) is 9.47 Å². The number of phenols is 1. The molecule has 5 aliphatic rings. The fourth-order valence-corrected chi connectivity index (χ4v) is 13.0. The Kier molecular flexibility index (Phi) is 8.26. The van der Waals surface area contributed by atoms with Gasteiger partial charge in [0, 0.05) is 11.5 Å². The number of aliphatic hydroxyl groups excluding tert-OH is 1. The molecule has 3 N–H and O–H groups in total. The molecule has 47 heavy (non-hydrogen) atoms. The number of aliphatic carboxylic acids is 1. The molecule has 6 rings (SSSR count). The Morgan fingerprint density at radius 2 is 1.68 bits per heavy atom. The lowest BCUT2D eigenvalue weighted by Crippen LogP contribution is -2.69. The number of hydrogen-bond donors (Lipinski definition) is 3. The number of hydrogen-bond acceptors (Lipinski definition) is 6. The number of aliphatic hydroxyl groups is 1. The van der Waals surface area contributed by atoms with Crippen molar-refractivity contribution in [1.82, 2.24) is 0 Å². The average molecular weight is 649 g/mol. The highest BCUT2D eigenvalue weighted by atomic mass is 16.6. The lowest BCUT2D eigenvalue weighted by molar-refractivity contribution is -0.265. The number of benzene rings is 1. The van der Waals surface area contributed by atoms with Crippen molar-refractivity contribution in [1.29, 1.82) is 0 Å². The summed E-state index contributed by atoms with van der Waals surface area (Å²) in [5.41, 5.74) is 0.627. The van der Waals surface area contributed by atoms with Gasteiger partial charge in [-0.15, -0.1) is 0 Å². The van der Waals surface area contributed by atoms with Gasteiger partial charge in [0.05, 0.1) is 18.6 Å². The monoisotopic (exact) mass is 648 g/mol. The molecule has 5 aliphatic carbocycles. The Balaban J connectivity index is 1.25. The number of carboxylic acid groups (broad SMARTS) is 1. The van der Waals surface area contributed by atoms with Crippen LogP contribution in [0.25, 0.3) is 6.08 Å². The lowest BCUT2D eigenvalue weighted by atomic mass is 9.32. The normalized spacial score (nSPS) is 43.6. The zero-order chi connectivity index (χ0) is 34.3. The lowest BCUT2D eigenvalue weighted by Gasteiger charge is -2.73. The quantitative estimate of drug-likeness (QED) is 0.163. The summed E-state index contributed by atoms with van der Waals surface area (Å²) < 4.78 is 11.3. The number of carbonyl (C=O) groups excluding carboxylic acids is 1. The molecule has 5 fully saturated rings. The molecule has 0 aromatic heterocycles. The van der Waals surface area contributed by atoms with E-state index in [0.29, 0.717) is 29.6 Å². The van der Waals surface area contributed by atoms with Gasteiger partial charge in [-0.2, -0.15) is 0 Å². The summed E-state index contributed by atoms with van der Waals surface area (Å²) >= 11 is 0. The molecule has 258 valence electrons. The number of rotatable bonds is 6. The molecule has 5 saturated carbocycles. The number of carbonyl (C=O) groups is 2. The molecule has 7 heteroatoms. The second-order valence-electron chi connectivity index (χ2n) is 17.4. The first-order chi connectivity index (χ1) is 22.0. The standard InChI is InChI=1S/C40H56O7/c1-23(2)25-15-18-40(35(44)45)20-19-38(6)26(33(25)40)11-13-31-37(5)22-28(42)34(36(3,4)30(37)16-17-39(31,38)7)47-32(43)14-10-24-9-12-27(41)29(21-24)46-8/h9-10,12,14,21,25-26,28,30-31,33-34,41-42H,1,11,13,15-20,22H2,2-8H3,(H,44,45)/b14-10+/t25-,26+,28+,30-,31+,33+,34-,37-,38+,39+,40-/m0/s1. The third kappa shape index (κ3) is 4.83. The molecule has 1 aromatic rings. The molecule has 0 radical (unpaired) electrons. The van der Waals surface area contributed by atoms with E-state index in [0.717, 1.165) is 56.9 Å². The minimum Gasteiger partial charge on any atom is -0.504 e. The van der Waals surface area contributed by atoms with Crippen LogP contribution in [0.4, 0.5) is 0 Å². The molecule has 0 amide bonds. The molecule has 0 aliphatic heterocycles. The van der Waals surface area contributed by atoms with Crippen LogP contribution in [0.15, 0.2) is 36.4 Å². The van der Waals surface area contributed by atoms with Crippen LogP contribution in [0, 0.1) is 56.7 Å². The molecule has 0 unspecified atom stereocenters. The average Bonchev–Trinajstić information content (AvgIpc) is 3.40. The van der Waals surface area contributed by atoms with E-state index in [-0.39, 0.29) is 39.7 Å². The van der Waals surface area contributed by atoms with Gasteiger partial charge in [-0.25, -0.2) is 4.79 Å². The predicted molar refractivity (Wildman–Crippen MR) is 182 cm³/mol. The largest absolute Gasteiger partial charge is 0.504 e. The summed E-state index contributed by atoms with van der Waals surface area (Å²) in [7, 11) is 1.48. The van der Waals surface area contributed by atoms with E-state index in [1.807, 2.05) is 0 Å². The maximum atomic E-state index is 13.1. The highest BCUT2D eigenvalue weighted by Gasteiger charge is 2.72. The smallest absolute Gasteiger partial charge is 0.331 e. The van der Waals surface area contributed by atoms with Crippen LogP contribution in [0.3, 0.4) is 0 Å². The third-order valence-electron chi connectivity index (χ3n) is 15.2. The highest BCUT2D eigenvalue weighted by molar-refractivity contribution is 5.87. The van der Waals surface area contributed by atoms with Crippen LogP contribution in [-0.4, -0.2) is 46.6 Å². The number of ether oxygens (including phenoxy) is 2. The molecule has 7 nitrogen and oxygen atoms in total. The number of aromatic hydroxyl groups is 1. The van der Waals surface area contributed by atoms with Crippen molar-refractivity contribution >= 4 is 18.0 Å². The molecule has 0 bridgehead atoms. The Bertz CT molecular complexity index is 1480. The minimum atomic E-state index is -0.793. The number of phenolic OH excluding ortho intramolecular Hbond substituents is 1. The molecule has 0 saturated heterocycles. The minimum absolute atomic E-state index is 0.00562. The third-order valence-corrected chi connectivity index (χ3v) is 15.2. The zero-order valence-electron chi connectivity index (χ0n) is 29.5. The van der Waals surface area contributed by atoms with Gasteiger partial charge in [-0.3, -0.25) is 4.79 Å². The second kappa shape index (κ2) is 11.4. The number of carboxylic acids is 1. The number of allylic oxidation sites excluding steroid dienone is 1. The van der Waals surface area contributed by atoms with Crippen molar-refractivity contribution in [2.24, 2.45) is 56.7 Å². The fraction of sp³-hybridized carbons (Fsp3) is 0.700. The summed E-state index contributed by atoms with van der Waals surface area (Å²) in [5.74, 6) is 0.623. The summed E-state index contributed by atoms with van der Waals surface area (Å²) in [6, 6.07) is 4.86. The summed E-state index contributed by atoms with van der Waals surface area (Å²) in [5, 5.41) is 32.4. The number of methoxy groups -OCH3 is 1. The van der Waals surface area contributed by atoms with Gasteiger partial charge >= 0.3 is 11.9 Å². The van der Waals surface area contributed by atoms with Crippen molar-refractivity contribution in [3.8, 4) is 11.5 Å². The van der Waals surface area contributed by atoms with Crippen LogP contribution < -0.4 is 4.74 Å². The zero-order valence-corrected chi connectivity index (χ0v) is 29.5. The van der Waals surface area contributed by atoms with Crippen molar-refractivity contribution in [3.05, 3.63) is 42.0 Å². The second-order valence-corrected chi connectivity index (χ2v) is 17.4. The molecule has 1 aromatic carbocycles. The number of fused-ring (bicyclic) bond motifs is 7. The van der Waals surface area contributed by atoms with Crippen LogP contribution in [0.5, 0.6) is 11.5 Å². The van der Waals surface area contributed by atoms with Crippen molar-refractivity contribution < 1.29 is 34.4 Å². The Labute approximate surface area is 280 Å². The maximum Gasteiger partial charge on any atom is 0.331 e. The molecule has 0 spiro atoms. The van der Waals surface area contributed by atoms with Gasteiger partial charge < -0.3 is 24.8 Å². The van der Waals surface area contributed by atoms with Gasteiger partial charge in [0.25, 0.3) is 0 Å². The Morgan fingerprint density at radius 3 is 2.34 bits per heavy atom. The van der Waals surface area contributed by atoms with Gasteiger partial charge in [0.1, 0.15) is 6.10 Å². The molecular formula is C40H56O7. The molecule has 0 heterocycles. The topological polar surface area (TPSA) is 113 Å². The first-order valence-corrected chi connectivity index (χ1v) is 17.8. The van der Waals surface area contributed by atoms with Crippen LogP contribution >= 0.6 is 0 Å². The van der Waals surface area contributed by atoms with Crippen molar-refractivity contribution in [2.75, 3.05) is 7.11 Å². The van der Waals surface area contributed by atoms with Crippen LogP contribution in [0.1, 0.15) is 105 Å². The Morgan fingerprint density at radius 1 is 0.957 bits per heavy atom. The maximum absolute atomic E-state index is 13.1. The first-order valence-electron chi connectivity index (χ1n) is 17.8. The fourth-order valence-electron chi connectivity index (χ4n) is 13.0.